The molecule has 1 saturated heterocycles. The van der Waals surface area contributed by atoms with Crippen molar-refractivity contribution in [1.82, 2.24) is 9.80 Å². The van der Waals surface area contributed by atoms with E-state index in [0.717, 1.165) is 43.5 Å². The van der Waals surface area contributed by atoms with Gasteiger partial charge in [-0.2, -0.15) is 5.26 Å². The molecular weight excluding hydrogens is 523 g/mol. The first-order valence-corrected chi connectivity index (χ1v) is 14.5. The number of nitriles is 1. The summed E-state index contributed by atoms with van der Waals surface area (Å²) in [6.07, 6.45) is 5.31. The van der Waals surface area contributed by atoms with Crippen molar-refractivity contribution in [2.45, 2.75) is 57.5 Å². The molecule has 5 nitrogen and oxygen atoms in total. The van der Waals surface area contributed by atoms with E-state index in [9.17, 15) is 14.4 Å². The Hall–Kier alpha value is -3.24. The minimum absolute atomic E-state index is 0.0204. The monoisotopic (exact) mass is 560 g/mol. The van der Waals surface area contributed by atoms with Gasteiger partial charge in [-0.3, -0.25) is 9.69 Å². The fourth-order valence-electron chi connectivity index (χ4n) is 6.01. The highest BCUT2D eigenvalue weighted by molar-refractivity contribution is 6.31. The molecule has 1 aliphatic rings. The summed E-state index contributed by atoms with van der Waals surface area (Å²) in [7, 11) is 2.01. The highest BCUT2D eigenvalue weighted by Gasteiger charge is 2.41. The molecule has 1 fully saturated rings. The van der Waals surface area contributed by atoms with Crippen LogP contribution in [0.25, 0.3) is 11.1 Å². The zero-order chi connectivity index (χ0) is 28.7. The molecule has 3 aromatic carbocycles. The first-order chi connectivity index (χ1) is 19.3. The third-order valence-corrected chi connectivity index (χ3v) is 8.59. The van der Waals surface area contributed by atoms with E-state index in [2.05, 4.69) is 59.3 Å². The lowest BCUT2D eigenvalue weighted by molar-refractivity contribution is -0.119. The Balaban J connectivity index is 1.58. The van der Waals surface area contributed by atoms with E-state index in [0.29, 0.717) is 17.3 Å². The number of likely N-dealkylation sites (tertiary alicyclic amines) is 1. The van der Waals surface area contributed by atoms with Gasteiger partial charge in [-0.15, -0.1) is 0 Å². The van der Waals surface area contributed by atoms with E-state index >= 15 is 0 Å². The number of carbonyl (C=O) groups is 1. The minimum Gasteiger partial charge on any atom is -0.325 e. The Bertz CT molecular complexity index is 1350. The van der Waals surface area contributed by atoms with Gasteiger partial charge in [-0.05, 0) is 79.8 Å². The maximum absolute atomic E-state index is 13.6. The molecule has 0 aromatic heterocycles. The minimum atomic E-state index is -0.515. The molecule has 0 bridgehead atoms. The summed E-state index contributed by atoms with van der Waals surface area (Å²) in [5.41, 5.74) is 4.03. The quantitative estimate of drug-likeness (QED) is 0.279. The molecule has 0 aliphatic carbocycles. The molecule has 7 heteroatoms. The van der Waals surface area contributed by atoms with Gasteiger partial charge >= 0.3 is 0 Å². The van der Waals surface area contributed by atoms with Crippen LogP contribution in [0.5, 0.6) is 0 Å². The number of anilines is 1. The van der Waals surface area contributed by atoms with Gasteiger partial charge in [0.15, 0.2) is 0 Å². The Kier molecular flexibility index (Phi) is 9.97. The van der Waals surface area contributed by atoms with Crippen LogP contribution in [0, 0.1) is 17.1 Å². The number of hydrogen-bond donors (Lipinski definition) is 1. The Morgan fingerprint density at radius 2 is 1.82 bits per heavy atom. The molecule has 210 valence electrons. The van der Waals surface area contributed by atoms with E-state index in [1.165, 1.54) is 36.6 Å². The molecule has 1 aliphatic heterocycles. The third kappa shape index (κ3) is 6.72. The number of nitrogens with zero attached hydrogens (tertiary/aromatic N) is 3. The smallest absolute Gasteiger partial charge is 0.238 e. The van der Waals surface area contributed by atoms with Crippen molar-refractivity contribution in [2.75, 3.05) is 32.0 Å². The first-order valence-electron chi connectivity index (χ1n) is 14.1. The number of piperidine rings is 1. The second-order valence-corrected chi connectivity index (χ2v) is 11.1. The Labute approximate surface area is 242 Å². The van der Waals surface area contributed by atoms with E-state index in [1.807, 2.05) is 31.3 Å². The second-order valence-electron chi connectivity index (χ2n) is 10.7. The van der Waals surface area contributed by atoms with Crippen LogP contribution in [0.4, 0.5) is 10.1 Å². The van der Waals surface area contributed by atoms with Crippen molar-refractivity contribution in [3.05, 3.63) is 88.7 Å². The van der Waals surface area contributed by atoms with Crippen molar-refractivity contribution in [3.63, 3.8) is 0 Å². The molecule has 0 radical (unpaired) electrons. The molecule has 40 heavy (non-hydrogen) atoms. The van der Waals surface area contributed by atoms with Crippen LogP contribution in [0.15, 0.2) is 66.7 Å². The summed E-state index contributed by atoms with van der Waals surface area (Å²) < 4.78 is 13.6. The lowest BCUT2D eigenvalue weighted by Crippen LogP contribution is -2.55. The van der Waals surface area contributed by atoms with Gasteiger partial charge in [0.05, 0.1) is 23.2 Å². The average molecular weight is 561 g/mol. The van der Waals surface area contributed by atoms with Gasteiger partial charge in [-0.25, -0.2) is 4.39 Å². The van der Waals surface area contributed by atoms with Crippen LogP contribution in [0.2, 0.25) is 5.02 Å². The van der Waals surface area contributed by atoms with Crippen molar-refractivity contribution in [1.29, 1.82) is 5.26 Å². The molecule has 0 saturated carbocycles. The maximum Gasteiger partial charge on any atom is 0.238 e. The summed E-state index contributed by atoms with van der Waals surface area (Å²) >= 11 is 5.92. The van der Waals surface area contributed by atoms with Gasteiger partial charge in [0, 0.05) is 30.4 Å². The van der Waals surface area contributed by atoms with Crippen LogP contribution < -0.4 is 5.32 Å². The fourth-order valence-corrected chi connectivity index (χ4v) is 6.19. The van der Waals surface area contributed by atoms with E-state index in [-0.39, 0.29) is 23.0 Å². The van der Waals surface area contributed by atoms with Crippen molar-refractivity contribution < 1.29 is 9.18 Å². The van der Waals surface area contributed by atoms with Gasteiger partial charge in [0.1, 0.15) is 5.82 Å². The molecule has 4 rings (SSSR count). The molecule has 0 spiro atoms. The van der Waals surface area contributed by atoms with Crippen LogP contribution >= 0.6 is 11.6 Å². The molecule has 1 amide bonds. The summed E-state index contributed by atoms with van der Waals surface area (Å²) in [6.45, 7) is 6.62. The van der Waals surface area contributed by atoms with Crippen molar-refractivity contribution >= 4 is 23.2 Å². The standard InChI is InChI=1S/C33H38ClFN4O/c1-4-7-29(5-2)39-18-16-33(17-19-39,38(3)23-32(40)37-28-14-15-31(35)30(34)21-28)27-12-10-25(11-13-27)26-9-6-8-24(20-26)22-36/h6,8-15,20-21,29H,4-5,7,16-19,23H2,1-3H3,(H,37,40). The Morgan fingerprint density at radius 1 is 1.10 bits per heavy atom. The molecule has 1 heterocycles. The zero-order valence-corrected chi connectivity index (χ0v) is 24.3. The highest BCUT2D eigenvalue weighted by atomic mass is 35.5. The molecule has 1 N–H and O–H groups in total. The van der Waals surface area contributed by atoms with Crippen molar-refractivity contribution in [2.24, 2.45) is 0 Å². The lowest BCUT2D eigenvalue weighted by Gasteiger charge is -2.49. The van der Waals surface area contributed by atoms with Crippen LogP contribution in [0.1, 0.15) is 57.1 Å². The molecule has 3 aromatic rings. The number of hydrogen-bond acceptors (Lipinski definition) is 4. The summed E-state index contributed by atoms with van der Waals surface area (Å²) in [4.78, 5) is 17.9. The second kappa shape index (κ2) is 13.4. The Morgan fingerprint density at radius 3 is 2.45 bits per heavy atom. The number of nitrogens with one attached hydrogen (secondary N) is 1. The van der Waals surface area contributed by atoms with Gasteiger partial charge < -0.3 is 10.2 Å². The number of likely N-dealkylation sites (N-methyl/N-ethyl adjacent to an activating group) is 1. The van der Waals surface area contributed by atoms with Crippen LogP contribution in [0.3, 0.4) is 0 Å². The SMILES string of the molecule is CCCC(CC)N1CCC(c2ccc(-c3cccc(C#N)c3)cc2)(N(C)CC(=O)Nc2ccc(F)c(Cl)c2)CC1. The number of amides is 1. The fraction of sp³-hybridized carbons (Fsp3) is 0.394. The van der Waals surface area contributed by atoms with Gasteiger partial charge in [0.2, 0.25) is 5.91 Å². The van der Waals surface area contributed by atoms with Crippen LogP contribution in [-0.2, 0) is 10.3 Å². The zero-order valence-electron chi connectivity index (χ0n) is 23.6. The number of halogens is 2. The lowest BCUT2D eigenvalue weighted by atomic mass is 9.78. The molecule has 1 unspecified atom stereocenters. The third-order valence-electron chi connectivity index (χ3n) is 8.30. The van der Waals surface area contributed by atoms with E-state index in [4.69, 9.17) is 11.6 Å². The number of rotatable bonds is 10. The molecule has 1 atom stereocenters. The van der Waals surface area contributed by atoms with Crippen LogP contribution in [-0.4, -0.2) is 48.4 Å². The largest absolute Gasteiger partial charge is 0.325 e. The molecular formula is C33H38ClFN4O. The van der Waals surface area contributed by atoms with Gasteiger partial charge in [0.25, 0.3) is 0 Å². The summed E-state index contributed by atoms with van der Waals surface area (Å²) in [5.74, 6) is -0.687. The predicted octanol–water partition coefficient (Wildman–Crippen LogP) is 7.46. The summed E-state index contributed by atoms with van der Waals surface area (Å²) in [6, 6.07) is 23.2. The number of benzene rings is 3. The summed E-state index contributed by atoms with van der Waals surface area (Å²) in [5, 5.41) is 12.2. The van der Waals surface area contributed by atoms with Gasteiger partial charge in [-0.1, -0.05) is 68.3 Å². The average Bonchev–Trinajstić information content (AvgIpc) is 2.98. The topological polar surface area (TPSA) is 59.4 Å². The normalized spacial score (nSPS) is 15.9. The number of carbonyl (C=O) groups excluding carboxylic acids is 1. The predicted molar refractivity (Wildman–Crippen MR) is 161 cm³/mol. The van der Waals surface area contributed by atoms with E-state index in [1.54, 1.807) is 0 Å². The highest BCUT2D eigenvalue weighted by Crippen LogP contribution is 2.40. The maximum atomic E-state index is 13.6. The first kappa shape index (κ1) is 29.7. The van der Waals surface area contributed by atoms with Crippen molar-refractivity contribution in [3.8, 4) is 17.2 Å². The van der Waals surface area contributed by atoms with E-state index < -0.39 is 5.82 Å².